The van der Waals surface area contributed by atoms with Crippen LogP contribution in [0.15, 0.2) is 87.8 Å². The molecule has 1 aliphatic heterocycles. The Morgan fingerprint density at radius 2 is 1.75 bits per heavy atom. The molecule has 5 rings (SSSR count). The summed E-state index contributed by atoms with van der Waals surface area (Å²) in [5, 5.41) is 8.97. The number of aromatic nitrogens is 1. The van der Waals surface area contributed by atoms with Gasteiger partial charge in [-0.15, -0.1) is 0 Å². The zero-order chi connectivity index (χ0) is 31.4. The van der Waals surface area contributed by atoms with Gasteiger partial charge in [0.15, 0.2) is 16.3 Å². The third kappa shape index (κ3) is 6.11. The molecule has 0 aliphatic carbocycles. The highest BCUT2D eigenvalue weighted by Gasteiger charge is 2.34. The van der Waals surface area contributed by atoms with Crippen LogP contribution in [0, 0.1) is 4.91 Å². The number of nitrogens with zero attached hydrogens (tertiary/aromatic N) is 3. The molecule has 0 fully saturated rings. The van der Waals surface area contributed by atoms with Gasteiger partial charge in [0.25, 0.3) is 10.5 Å². The molecule has 12 heteroatoms. The Bertz CT molecular complexity index is 1930. The monoisotopic (exact) mass is 616 g/mol. The lowest BCUT2D eigenvalue weighted by atomic mass is 9.95. The Kier molecular flexibility index (Phi) is 8.91. The predicted octanol–water partition coefficient (Wildman–Crippen LogP) is 4.19. The van der Waals surface area contributed by atoms with Crippen LogP contribution in [0.5, 0.6) is 17.2 Å². The van der Waals surface area contributed by atoms with E-state index in [-0.39, 0.29) is 35.0 Å². The fourth-order valence-electron chi connectivity index (χ4n) is 4.83. The van der Waals surface area contributed by atoms with Crippen molar-refractivity contribution in [2.45, 2.75) is 26.5 Å². The molecule has 3 aromatic carbocycles. The summed E-state index contributed by atoms with van der Waals surface area (Å²) in [4.78, 5) is 42.9. The fraction of sp³-hybridized carbons (Fsp3) is 0.219. The van der Waals surface area contributed by atoms with E-state index < -0.39 is 12.0 Å². The number of benzene rings is 3. The Hall–Kier alpha value is -5.23. The number of fused-ring (bicyclic) bond motifs is 1. The molecule has 1 aliphatic rings. The standard InChI is InChI=1S/C32H30N3O8S/c1-5-42-31(37)28-19(2)33-32-34(29(28)22-10-15-25(40-3)26(17-22)41-4)30(36)27(44-32)16-20-8-13-24(14-9-20)43-18-21-6-11-23(12-7-21)35(38)39/h6-17,29H,5,18H2,1-4H3,(H,38,39)/q+1/b27-16-. The van der Waals surface area contributed by atoms with Gasteiger partial charge in [0.05, 0.1) is 47.6 Å². The summed E-state index contributed by atoms with van der Waals surface area (Å²) in [5.41, 5.74) is 2.81. The van der Waals surface area contributed by atoms with Gasteiger partial charge in [0.2, 0.25) is 0 Å². The lowest BCUT2D eigenvalue weighted by Crippen LogP contribution is -2.39. The van der Waals surface area contributed by atoms with Gasteiger partial charge in [-0.1, -0.05) is 29.5 Å². The van der Waals surface area contributed by atoms with Crippen molar-refractivity contribution in [3.05, 3.63) is 119 Å². The molecule has 1 atom stereocenters. The maximum atomic E-state index is 13.9. The van der Waals surface area contributed by atoms with Crippen molar-refractivity contribution < 1.29 is 33.9 Å². The average Bonchev–Trinajstić information content (AvgIpc) is 3.33. The summed E-state index contributed by atoms with van der Waals surface area (Å²) < 4.78 is 24.1. The molecule has 1 unspecified atom stereocenters. The molecule has 0 radical (unpaired) electrons. The minimum Gasteiger partial charge on any atom is -0.493 e. The van der Waals surface area contributed by atoms with Gasteiger partial charge in [0.1, 0.15) is 12.4 Å². The molecular weight excluding hydrogens is 586 g/mol. The lowest BCUT2D eigenvalue weighted by Gasteiger charge is -2.25. The quantitative estimate of drug-likeness (QED) is 0.208. The molecule has 2 heterocycles. The van der Waals surface area contributed by atoms with Gasteiger partial charge in [-0.25, -0.2) is 15.0 Å². The van der Waals surface area contributed by atoms with E-state index >= 15 is 0 Å². The van der Waals surface area contributed by atoms with Gasteiger partial charge in [-0.3, -0.25) is 9.36 Å². The molecular formula is C32H30N3O8S+. The van der Waals surface area contributed by atoms with Crippen LogP contribution in [0.3, 0.4) is 0 Å². The molecule has 1 aromatic heterocycles. The largest absolute Gasteiger partial charge is 0.493 e. The smallest absolute Gasteiger partial charge is 0.338 e. The van der Waals surface area contributed by atoms with Crippen molar-refractivity contribution in [2.75, 3.05) is 20.8 Å². The van der Waals surface area contributed by atoms with E-state index in [9.17, 15) is 14.5 Å². The Balaban J connectivity index is 1.48. The zero-order valence-corrected chi connectivity index (χ0v) is 25.3. The average molecular weight is 617 g/mol. The van der Waals surface area contributed by atoms with Gasteiger partial charge in [-0.05, 0) is 73.0 Å². The summed E-state index contributed by atoms with van der Waals surface area (Å²) >= 11 is 1.23. The first-order valence-electron chi connectivity index (χ1n) is 13.6. The summed E-state index contributed by atoms with van der Waals surface area (Å²) in [5.74, 6) is 1.05. The Morgan fingerprint density at radius 1 is 1.05 bits per heavy atom. The summed E-state index contributed by atoms with van der Waals surface area (Å²) in [7, 11) is 3.06. The third-order valence-electron chi connectivity index (χ3n) is 6.98. The molecule has 44 heavy (non-hydrogen) atoms. The molecule has 0 bridgehead atoms. The van der Waals surface area contributed by atoms with Crippen LogP contribution in [0.2, 0.25) is 0 Å². The highest BCUT2D eigenvalue weighted by atomic mass is 32.1. The molecule has 0 saturated carbocycles. The molecule has 1 N–H and O–H groups in total. The summed E-state index contributed by atoms with van der Waals surface area (Å²) in [6, 6.07) is 18.1. The summed E-state index contributed by atoms with van der Waals surface area (Å²) in [6.07, 6.45) is 1.77. The van der Waals surface area contributed by atoms with Gasteiger partial charge >= 0.3 is 11.7 Å². The van der Waals surface area contributed by atoms with Gasteiger partial charge in [0, 0.05) is 12.1 Å². The molecule has 226 valence electrons. The van der Waals surface area contributed by atoms with E-state index in [0.717, 1.165) is 11.1 Å². The molecule has 0 spiro atoms. The first-order chi connectivity index (χ1) is 21.2. The van der Waals surface area contributed by atoms with Crippen molar-refractivity contribution in [1.29, 1.82) is 0 Å². The van der Waals surface area contributed by atoms with Crippen LogP contribution in [0.1, 0.15) is 36.6 Å². The SMILES string of the molecule is CCOC(=O)C1=C(C)N=c2s/c(=C\c3ccc(OCc4ccc([N+](=O)O)cc4)cc3)c(=O)n2C1c1ccc(OC)c(OC)c1. The highest BCUT2D eigenvalue weighted by molar-refractivity contribution is 7.07. The number of carbonyl (C=O) groups excluding carboxylic acids is 1. The van der Waals surface area contributed by atoms with Crippen molar-refractivity contribution >= 4 is 29.1 Å². The first-order valence-corrected chi connectivity index (χ1v) is 14.4. The van der Waals surface area contributed by atoms with Crippen LogP contribution in [-0.4, -0.2) is 41.5 Å². The Morgan fingerprint density at radius 3 is 2.39 bits per heavy atom. The highest BCUT2D eigenvalue weighted by Crippen LogP contribution is 2.36. The van der Waals surface area contributed by atoms with Gasteiger partial charge < -0.3 is 18.9 Å². The molecule has 11 nitrogen and oxygen atoms in total. The minimum absolute atomic E-state index is 0.130. The number of carbonyl (C=O) groups is 1. The molecule has 0 saturated heterocycles. The topological polar surface area (TPSA) is 129 Å². The van der Waals surface area contributed by atoms with Crippen molar-refractivity contribution in [2.24, 2.45) is 4.99 Å². The lowest BCUT2D eigenvalue weighted by molar-refractivity contribution is -0.729. The number of ether oxygens (including phenoxy) is 4. The van der Waals surface area contributed by atoms with E-state index in [2.05, 4.69) is 4.99 Å². The van der Waals surface area contributed by atoms with Crippen LogP contribution in [0.4, 0.5) is 5.69 Å². The number of allylic oxidation sites excluding steroid dienone is 1. The zero-order valence-electron chi connectivity index (χ0n) is 24.5. The van der Waals surface area contributed by atoms with Crippen molar-refractivity contribution in [3.8, 4) is 17.2 Å². The van der Waals surface area contributed by atoms with Crippen LogP contribution >= 0.6 is 11.3 Å². The van der Waals surface area contributed by atoms with E-state index in [4.69, 9.17) is 24.2 Å². The second kappa shape index (κ2) is 13.0. The van der Waals surface area contributed by atoms with E-state index in [1.165, 1.54) is 42.3 Å². The van der Waals surface area contributed by atoms with Crippen LogP contribution < -0.4 is 29.1 Å². The predicted molar refractivity (Wildman–Crippen MR) is 162 cm³/mol. The van der Waals surface area contributed by atoms with Crippen molar-refractivity contribution in [1.82, 2.24) is 4.57 Å². The fourth-order valence-corrected chi connectivity index (χ4v) is 5.87. The van der Waals surface area contributed by atoms with Gasteiger partial charge in [-0.2, -0.15) is 0 Å². The number of hydrogen-bond acceptors (Lipinski definition) is 9. The van der Waals surface area contributed by atoms with E-state index in [1.54, 1.807) is 62.4 Å². The van der Waals surface area contributed by atoms with Crippen LogP contribution in [-0.2, 0) is 16.1 Å². The number of methoxy groups -OCH3 is 2. The first kappa shape index (κ1) is 30.2. The van der Waals surface area contributed by atoms with Crippen molar-refractivity contribution in [3.63, 3.8) is 0 Å². The van der Waals surface area contributed by atoms with Crippen LogP contribution in [0.25, 0.3) is 6.08 Å². The second-order valence-electron chi connectivity index (χ2n) is 9.71. The third-order valence-corrected chi connectivity index (χ3v) is 7.96. The molecule has 4 aromatic rings. The number of hydrogen-bond donors (Lipinski definition) is 1. The normalized spacial score (nSPS) is 14.5. The molecule has 0 amide bonds. The number of thiazole rings is 1. The maximum absolute atomic E-state index is 13.9. The maximum Gasteiger partial charge on any atom is 0.338 e. The van der Waals surface area contributed by atoms with E-state index in [1.807, 2.05) is 12.1 Å². The Labute approximate surface area is 256 Å². The van der Waals surface area contributed by atoms with E-state index in [0.29, 0.717) is 37.8 Å². The number of esters is 1. The number of rotatable bonds is 10. The summed E-state index contributed by atoms with van der Waals surface area (Å²) in [6.45, 7) is 3.90. The minimum atomic E-state index is -0.786. The second-order valence-corrected chi connectivity index (χ2v) is 10.7.